The van der Waals surface area contributed by atoms with Crippen molar-refractivity contribution in [1.29, 1.82) is 0 Å². The molecular weight excluding hydrogens is 256 g/mol. The summed E-state index contributed by atoms with van der Waals surface area (Å²) in [6.07, 6.45) is 0. The van der Waals surface area contributed by atoms with Crippen LogP contribution >= 0.6 is 0 Å². The van der Waals surface area contributed by atoms with Gasteiger partial charge in [0.2, 0.25) is 0 Å². The molecule has 0 amide bonds. The highest BCUT2D eigenvalue weighted by Crippen LogP contribution is 2.42. The summed E-state index contributed by atoms with van der Waals surface area (Å²) in [6.45, 7) is 26.7. The quantitative estimate of drug-likeness (QED) is 0.648. The normalized spacial score (nSPS) is 15.5. The summed E-state index contributed by atoms with van der Waals surface area (Å²) in [5, 5.41) is 0. The third kappa shape index (κ3) is 3.78. The number of hydrogen-bond acceptors (Lipinski definition) is 1. The molecule has 0 bridgehead atoms. The molecule has 0 rings (SSSR count). The zero-order valence-corrected chi connectivity index (χ0v) is 17.0. The standard InChI is InChI=1S/C13H34OSi3/c1-12(2)13(15(3,4)5,16(6,7)8)14-17(9,10)11/h12H,1-11H3. The van der Waals surface area contributed by atoms with Crippen molar-refractivity contribution in [2.24, 2.45) is 5.92 Å². The van der Waals surface area contributed by atoms with Crippen LogP contribution in [0.4, 0.5) is 0 Å². The fourth-order valence-corrected chi connectivity index (χ4v) is 21.7. The van der Waals surface area contributed by atoms with E-state index < -0.39 is 24.5 Å². The lowest BCUT2D eigenvalue weighted by Crippen LogP contribution is -2.73. The fraction of sp³-hybridized carbons (Fsp3) is 1.00. The summed E-state index contributed by atoms with van der Waals surface area (Å²) in [6, 6.07) is 0. The van der Waals surface area contributed by atoms with E-state index in [2.05, 4.69) is 72.8 Å². The van der Waals surface area contributed by atoms with Gasteiger partial charge < -0.3 is 4.43 Å². The van der Waals surface area contributed by atoms with Crippen LogP contribution in [0.2, 0.25) is 58.9 Å². The van der Waals surface area contributed by atoms with Crippen LogP contribution in [0.15, 0.2) is 0 Å². The lowest BCUT2D eigenvalue weighted by Gasteiger charge is -2.57. The second-order valence-corrected chi connectivity index (χ2v) is 24.0. The van der Waals surface area contributed by atoms with Gasteiger partial charge in [-0.25, -0.2) is 0 Å². The second kappa shape index (κ2) is 4.95. The molecule has 0 aromatic heterocycles. The molecule has 104 valence electrons. The molecule has 0 aliphatic heterocycles. The van der Waals surface area contributed by atoms with Crippen LogP contribution in [-0.2, 0) is 4.43 Å². The highest BCUT2D eigenvalue weighted by atomic mass is 28.4. The van der Waals surface area contributed by atoms with E-state index in [0.29, 0.717) is 5.92 Å². The molecule has 0 aromatic rings. The molecule has 0 saturated heterocycles. The molecule has 0 spiro atoms. The Balaban J connectivity index is 5.79. The van der Waals surface area contributed by atoms with Crippen LogP contribution in [0, 0.1) is 5.92 Å². The van der Waals surface area contributed by atoms with Crippen molar-refractivity contribution in [3.8, 4) is 0 Å². The van der Waals surface area contributed by atoms with Gasteiger partial charge in [-0.15, -0.1) is 0 Å². The molecule has 1 nitrogen and oxygen atoms in total. The first-order chi connectivity index (χ1) is 7.15. The van der Waals surface area contributed by atoms with Crippen LogP contribution in [0.25, 0.3) is 0 Å². The van der Waals surface area contributed by atoms with E-state index in [1.807, 2.05) is 0 Å². The van der Waals surface area contributed by atoms with Crippen molar-refractivity contribution >= 4 is 24.5 Å². The minimum atomic E-state index is -1.51. The molecule has 0 saturated carbocycles. The van der Waals surface area contributed by atoms with Crippen LogP contribution in [-0.4, -0.2) is 29.3 Å². The number of rotatable bonds is 5. The monoisotopic (exact) mass is 290 g/mol. The van der Waals surface area contributed by atoms with Gasteiger partial charge >= 0.3 is 0 Å². The first-order valence-corrected chi connectivity index (χ1v) is 17.3. The van der Waals surface area contributed by atoms with Gasteiger partial charge in [0, 0.05) is 4.85 Å². The van der Waals surface area contributed by atoms with Gasteiger partial charge in [0.15, 0.2) is 8.32 Å². The molecule has 0 radical (unpaired) electrons. The molecule has 0 aliphatic rings. The van der Waals surface area contributed by atoms with Gasteiger partial charge in [-0.05, 0) is 25.6 Å². The van der Waals surface area contributed by atoms with Crippen molar-refractivity contribution in [3.05, 3.63) is 0 Å². The summed E-state index contributed by atoms with van der Waals surface area (Å²) < 4.78 is 6.88. The third-order valence-electron chi connectivity index (χ3n) is 3.51. The summed E-state index contributed by atoms with van der Waals surface area (Å²) in [7, 11) is -4.25. The van der Waals surface area contributed by atoms with Crippen molar-refractivity contribution < 1.29 is 4.43 Å². The SMILES string of the molecule is CC(C)C(O[Si](C)(C)C)([Si](C)(C)C)[Si](C)(C)C. The van der Waals surface area contributed by atoms with Crippen molar-refractivity contribution in [2.75, 3.05) is 0 Å². The van der Waals surface area contributed by atoms with Crippen molar-refractivity contribution in [1.82, 2.24) is 0 Å². The Bertz CT molecular complexity index is 239. The molecule has 0 aromatic carbocycles. The summed E-state index contributed by atoms with van der Waals surface area (Å²) in [5.41, 5.74) is 0. The van der Waals surface area contributed by atoms with Crippen LogP contribution < -0.4 is 0 Å². The van der Waals surface area contributed by atoms with E-state index >= 15 is 0 Å². The summed E-state index contributed by atoms with van der Waals surface area (Å²) in [5.74, 6) is 0.632. The topological polar surface area (TPSA) is 9.23 Å². The van der Waals surface area contributed by atoms with Crippen molar-refractivity contribution in [2.45, 2.75) is 77.6 Å². The van der Waals surface area contributed by atoms with Gasteiger partial charge in [-0.3, -0.25) is 0 Å². The third-order valence-corrected chi connectivity index (χ3v) is 15.2. The highest BCUT2D eigenvalue weighted by Gasteiger charge is 2.56. The van der Waals surface area contributed by atoms with Gasteiger partial charge in [0.1, 0.15) is 0 Å². The maximum Gasteiger partial charge on any atom is 0.183 e. The van der Waals surface area contributed by atoms with Gasteiger partial charge in [-0.1, -0.05) is 53.1 Å². The van der Waals surface area contributed by atoms with Crippen molar-refractivity contribution in [3.63, 3.8) is 0 Å². The molecule has 17 heavy (non-hydrogen) atoms. The van der Waals surface area contributed by atoms with Crippen LogP contribution in [0.3, 0.4) is 0 Å². The van der Waals surface area contributed by atoms with Crippen LogP contribution in [0.5, 0.6) is 0 Å². The molecule has 0 unspecified atom stereocenters. The Morgan fingerprint density at radius 1 is 0.706 bits per heavy atom. The molecule has 0 N–H and O–H groups in total. The molecule has 0 fully saturated rings. The summed E-state index contributed by atoms with van der Waals surface area (Å²) in [4.78, 5) is 0.199. The largest absolute Gasteiger partial charge is 0.418 e. The number of hydrogen-bond donors (Lipinski definition) is 0. The minimum absolute atomic E-state index is 0.199. The maximum absolute atomic E-state index is 6.88. The Labute approximate surface area is 112 Å². The molecule has 0 aliphatic carbocycles. The smallest absolute Gasteiger partial charge is 0.183 e. The average Bonchev–Trinajstić information content (AvgIpc) is 1.92. The Hall–Kier alpha value is 0.611. The first kappa shape index (κ1) is 17.6. The zero-order chi connectivity index (χ0) is 14.3. The predicted molar refractivity (Wildman–Crippen MR) is 88.7 cm³/mol. The second-order valence-electron chi connectivity index (χ2n) is 8.60. The molecule has 0 atom stereocenters. The van der Waals surface area contributed by atoms with Gasteiger partial charge in [0.05, 0.1) is 16.1 Å². The maximum atomic E-state index is 6.88. The summed E-state index contributed by atoms with van der Waals surface area (Å²) >= 11 is 0. The lowest BCUT2D eigenvalue weighted by atomic mass is 10.2. The average molecular weight is 291 g/mol. The van der Waals surface area contributed by atoms with E-state index in [1.165, 1.54) is 0 Å². The van der Waals surface area contributed by atoms with E-state index in [9.17, 15) is 0 Å². The fourth-order valence-electron chi connectivity index (χ4n) is 3.76. The highest BCUT2D eigenvalue weighted by molar-refractivity contribution is 6.99. The van der Waals surface area contributed by atoms with E-state index in [-0.39, 0.29) is 4.85 Å². The molecule has 0 heterocycles. The van der Waals surface area contributed by atoms with Crippen LogP contribution in [0.1, 0.15) is 13.8 Å². The molecular formula is C13H34OSi3. The Morgan fingerprint density at radius 2 is 1.00 bits per heavy atom. The predicted octanol–water partition coefficient (Wildman–Crippen LogP) is 4.99. The Kier molecular flexibility index (Phi) is 5.12. The zero-order valence-electron chi connectivity index (χ0n) is 14.0. The first-order valence-electron chi connectivity index (χ1n) is 6.85. The molecule has 4 heteroatoms. The van der Waals surface area contributed by atoms with E-state index in [4.69, 9.17) is 4.43 Å². The van der Waals surface area contributed by atoms with Gasteiger partial charge in [0.25, 0.3) is 0 Å². The van der Waals surface area contributed by atoms with E-state index in [1.54, 1.807) is 0 Å². The van der Waals surface area contributed by atoms with Gasteiger partial charge in [-0.2, -0.15) is 0 Å². The minimum Gasteiger partial charge on any atom is -0.418 e. The van der Waals surface area contributed by atoms with E-state index in [0.717, 1.165) is 0 Å². The Morgan fingerprint density at radius 3 is 1.06 bits per heavy atom. The lowest BCUT2D eigenvalue weighted by molar-refractivity contribution is 0.156.